The van der Waals surface area contributed by atoms with Gasteiger partial charge in [0.15, 0.2) is 0 Å². The maximum Gasteiger partial charge on any atom is 0.323 e. The van der Waals surface area contributed by atoms with Gasteiger partial charge in [0, 0.05) is 0 Å². The Hall–Kier alpha value is -0.570. The molecule has 0 rings (SSSR count). The van der Waals surface area contributed by atoms with Crippen molar-refractivity contribution in [3.8, 4) is 0 Å². The van der Waals surface area contributed by atoms with Gasteiger partial charge in [-0.05, 0) is 27.2 Å². The van der Waals surface area contributed by atoms with Crippen LogP contribution in [0.5, 0.6) is 0 Å². The first-order valence-corrected chi connectivity index (χ1v) is 4.37. The maximum atomic E-state index is 11.1. The molecule has 0 spiro atoms. The smallest absolute Gasteiger partial charge is 0.323 e. The van der Waals surface area contributed by atoms with E-state index >= 15 is 0 Å². The second-order valence-corrected chi connectivity index (χ2v) is 3.72. The zero-order valence-electron chi connectivity index (χ0n) is 8.39. The molecule has 0 heterocycles. The van der Waals surface area contributed by atoms with Crippen LogP contribution in [0.25, 0.3) is 0 Å². The molecule has 3 heteroatoms. The minimum atomic E-state index is -0.527. The highest BCUT2D eigenvalue weighted by molar-refractivity contribution is 5.75. The molecule has 1 unspecified atom stereocenters. The van der Waals surface area contributed by atoms with Crippen LogP contribution in [0.2, 0.25) is 0 Å². The van der Waals surface area contributed by atoms with E-state index < -0.39 is 6.04 Å². The van der Waals surface area contributed by atoms with Crippen molar-refractivity contribution in [1.29, 1.82) is 0 Å². The Morgan fingerprint density at radius 2 is 2.08 bits per heavy atom. The van der Waals surface area contributed by atoms with Gasteiger partial charge in [0.2, 0.25) is 0 Å². The molecule has 1 atom stereocenters. The minimum Gasteiger partial charge on any atom is -0.459 e. The van der Waals surface area contributed by atoms with Crippen molar-refractivity contribution in [2.45, 2.75) is 52.2 Å². The molecule has 0 saturated heterocycles. The Kier molecular flexibility index (Phi) is 4.24. The Morgan fingerprint density at radius 3 is 2.42 bits per heavy atom. The summed E-state index contributed by atoms with van der Waals surface area (Å²) in [4.78, 5) is 11.1. The fraction of sp³-hybridized carbons (Fsp3) is 0.889. The first-order chi connectivity index (χ1) is 5.39. The van der Waals surface area contributed by atoms with Crippen LogP contribution in [-0.4, -0.2) is 17.6 Å². The Labute approximate surface area is 74.3 Å². The molecule has 0 aromatic carbocycles. The first-order valence-electron chi connectivity index (χ1n) is 4.37. The fourth-order valence-corrected chi connectivity index (χ4v) is 1.02. The molecule has 0 radical (unpaired) electrons. The normalized spacial score (nSPS) is 14.1. The predicted octanol–water partition coefficient (Wildman–Crippen LogP) is 1.46. The second-order valence-electron chi connectivity index (χ2n) is 3.72. The number of ether oxygens (including phenoxy) is 1. The third kappa shape index (κ3) is 4.34. The monoisotopic (exact) mass is 173 g/mol. The van der Waals surface area contributed by atoms with Gasteiger partial charge in [-0.1, -0.05) is 13.3 Å². The van der Waals surface area contributed by atoms with E-state index in [0.717, 1.165) is 12.8 Å². The van der Waals surface area contributed by atoms with Gasteiger partial charge in [-0.3, -0.25) is 4.79 Å². The van der Waals surface area contributed by atoms with Gasteiger partial charge < -0.3 is 10.5 Å². The molecule has 0 amide bonds. The lowest BCUT2D eigenvalue weighted by Gasteiger charge is -2.25. The highest BCUT2D eigenvalue weighted by Crippen LogP contribution is 2.16. The SMILES string of the molecule is CCCC(C)(C)OC(=O)C(C)N. The van der Waals surface area contributed by atoms with Gasteiger partial charge in [-0.25, -0.2) is 0 Å². The van der Waals surface area contributed by atoms with Crippen LogP contribution in [0.4, 0.5) is 0 Å². The molecule has 0 saturated carbocycles. The van der Waals surface area contributed by atoms with Crippen molar-refractivity contribution in [2.75, 3.05) is 0 Å². The van der Waals surface area contributed by atoms with E-state index in [0.29, 0.717) is 0 Å². The number of rotatable bonds is 4. The van der Waals surface area contributed by atoms with E-state index in [-0.39, 0.29) is 11.6 Å². The van der Waals surface area contributed by atoms with Crippen molar-refractivity contribution >= 4 is 5.97 Å². The highest BCUT2D eigenvalue weighted by Gasteiger charge is 2.23. The lowest BCUT2D eigenvalue weighted by Crippen LogP contribution is -2.36. The quantitative estimate of drug-likeness (QED) is 0.655. The lowest BCUT2D eigenvalue weighted by atomic mass is 10.0. The van der Waals surface area contributed by atoms with Crippen LogP contribution in [0, 0.1) is 0 Å². The van der Waals surface area contributed by atoms with Crippen LogP contribution in [0.15, 0.2) is 0 Å². The van der Waals surface area contributed by atoms with Crippen molar-refractivity contribution in [2.24, 2.45) is 5.73 Å². The summed E-state index contributed by atoms with van der Waals surface area (Å²) >= 11 is 0. The topological polar surface area (TPSA) is 52.3 Å². The molecule has 0 bridgehead atoms. The van der Waals surface area contributed by atoms with Gasteiger partial charge in [0.05, 0.1) is 0 Å². The molecule has 3 nitrogen and oxygen atoms in total. The average Bonchev–Trinajstić information content (AvgIpc) is 1.85. The molecule has 0 aliphatic heterocycles. The van der Waals surface area contributed by atoms with E-state index in [2.05, 4.69) is 6.92 Å². The van der Waals surface area contributed by atoms with E-state index in [9.17, 15) is 4.79 Å². The number of carbonyl (C=O) groups excluding carboxylic acids is 1. The summed E-state index contributed by atoms with van der Waals surface area (Å²) in [5.41, 5.74) is 4.99. The largest absolute Gasteiger partial charge is 0.459 e. The highest BCUT2D eigenvalue weighted by atomic mass is 16.6. The molecule has 12 heavy (non-hydrogen) atoms. The molecule has 72 valence electrons. The summed E-state index contributed by atoms with van der Waals surface area (Å²) in [5, 5.41) is 0. The van der Waals surface area contributed by atoms with Crippen molar-refractivity contribution in [3.63, 3.8) is 0 Å². The fourth-order valence-electron chi connectivity index (χ4n) is 1.02. The van der Waals surface area contributed by atoms with Crippen molar-refractivity contribution < 1.29 is 9.53 Å². The number of hydrogen-bond donors (Lipinski definition) is 1. The van der Waals surface area contributed by atoms with Gasteiger partial charge in [-0.15, -0.1) is 0 Å². The summed E-state index contributed by atoms with van der Waals surface area (Å²) < 4.78 is 5.18. The first kappa shape index (κ1) is 11.4. The van der Waals surface area contributed by atoms with Crippen molar-refractivity contribution in [3.05, 3.63) is 0 Å². The summed E-state index contributed by atoms with van der Waals surface area (Å²) in [6.45, 7) is 7.49. The molecular weight excluding hydrogens is 154 g/mol. The van der Waals surface area contributed by atoms with E-state index in [1.165, 1.54) is 0 Å². The van der Waals surface area contributed by atoms with Crippen LogP contribution in [0.3, 0.4) is 0 Å². The summed E-state index contributed by atoms with van der Waals surface area (Å²) in [7, 11) is 0. The van der Waals surface area contributed by atoms with Crippen LogP contribution in [0.1, 0.15) is 40.5 Å². The molecule has 0 aliphatic rings. The minimum absolute atomic E-state index is 0.326. The standard InChI is InChI=1S/C9H19NO2/c1-5-6-9(3,4)12-8(11)7(2)10/h7H,5-6,10H2,1-4H3. The summed E-state index contributed by atoms with van der Waals surface area (Å²) in [6, 6.07) is -0.527. The number of carbonyl (C=O) groups is 1. The van der Waals surface area contributed by atoms with Crippen LogP contribution in [-0.2, 0) is 9.53 Å². The zero-order chi connectivity index (χ0) is 9.78. The van der Waals surface area contributed by atoms with Gasteiger partial charge in [0.25, 0.3) is 0 Å². The predicted molar refractivity (Wildman–Crippen MR) is 48.7 cm³/mol. The van der Waals surface area contributed by atoms with Crippen molar-refractivity contribution in [1.82, 2.24) is 0 Å². The lowest BCUT2D eigenvalue weighted by molar-refractivity contribution is -0.158. The summed E-state index contributed by atoms with van der Waals surface area (Å²) in [5.74, 6) is -0.326. The Morgan fingerprint density at radius 1 is 1.58 bits per heavy atom. The van der Waals surface area contributed by atoms with Crippen LogP contribution < -0.4 is 5.73 Å². The Bertz CT molecular complexity index is 153. The van der Waals surface area contributed by atoms with Gasteiger partial charge in [0.1, 0.15) is 11.6 Å². The molecule has 2 N–H and O–H groups in total. The third-order valence-electron chi connectivity index (χ3n) is 1.60. The number of hydrogen-bond acceptors (Lipinski definition) is 3. The maximum absolute atomic E-state index is 11.1. The second kappa shape index (κ2) is 4.45. The molecule has 0 fully saturated rings. The molecule has 0 aromatic heterocycles. The van der Waals surface area contributed by atoms with Gasteiger partial charge >= 0.3 is 5.97 Å². The zero-order valence-corrected chi connectivity index (χ0v) is 8.39. The number of nitrogens with two attached hydrogens (primary N) is 1. The average molecular weight is 173 g/mol. The molecule has 0 aromatic rings. The van der Waals surface area contributed by atoms with E-state index in [1.807, 2.05) is 13.8 Å². The molecule has 0 aliphatic carbocycles. The van der Waals surface area contributed by atoms with Gasteiger partial charge in [-0.2, -0.15) is 0 Å². The Balaban J connectivity index is 3.96. The van der Waals surface area contributed by atoms with E-state index in [1.54, 1.807) is 6.92 Å². The summed E-state index contributed by atoms with van der Waals surface area (Å²) in [6.07, 6.45) is 1.87. The molecular formula is C9H19NO2. The van der Waals surface area contributed by atoms with E-state index in [4.69, 9.17) is 10.5 Å². The number of esters is 1. The third-order valence-corrected chi connectivity index (χ3v) is 1.60. The van der Waals surface area contributed by atoms with Crippen LogP contribution >= 0.6 is 0 Å².